The number of aliphatic hydroxyl groups excluding tert-OH is 1. The first-order valence-corrected chi connectivity index (χ1v) is 6.50. The molecule has 0 fully saturated rings. The first-order chi connectivity index (χ1) is 8.97. The molecule has 0 aliphatic carbocycles. The molecule has 0 bridgehead atoms. The van der Waals surface area contributed by atoms with Gasteiger partial charge in [0.1, 0.15) is 6.33 Å². The van der Waals surface area contributed by atoms with E-state index < -0.39 is 6.10 Å². The molecule has 100 valence electrons. The molecule has 3 nitrogen and oxygen atoms in total. The van der Waals surface area contributed by atoms with Gasteiger partial charge in [-0.05, 0) is 22.6 Å². The highest BCUT2D eigenvalue weighted by Crippen LogP contribution is 2.24. The Morgan fingerprint density at radius 2 is 1.79 bits per heavy atom. The van der Waals surface area contributed by atoms with Gasteiger partial charge in [0.15, 0.2) is 0 Å². The summed E-state index contributed by atoms with van der Waals surface area (Å²) in [4.78, 5) is 8.00. The maximum atomic E-state index is 10.2. The minimum Gasteiger partial charge on any atom is -0.388 e. The Morgan fingerprint density at radius 3 is 2.32 bits per heavy atom. The summed E-state index contributed by atoms with van der Waals surface area (Å²) < 4.78 is 0. The monoisotopic (exact) mass is 256 g/mol. The highest BCUT2D eigenvalue weighted by molar-refractivity contribution is 5.29. The van der Waals surface area contributed by atoms with Crippen LogP contribution in [0.2, 0.25) is 0 Å². The van der Waals surface area contributed by atoms with Crippen molar-refractivity contribution in [2.75, 3.05) is 0 Å². The minimum atomic E-state index is -0.524. The molecule has 2 rings (SSSR count). The van der Waals surface area contributed by atoms with E-state index in [4.69, 9.17) is 0 Å². The Labute approximate surface area is 114 Å². The second-order valence-electron chi connectivity index (χ2n) is 5.79. The number of hydrogen-bond acceptors (Lipinski definition) is 3. The molecule has 2 aromatic rings. The van der Waals surface area contributed by atoms with E-state index in [1.807, 2.05) is 18.2 Å². The van der Waals surface area contributed by atoms with Crippen molar-refractivity contribution in [3.05, 3.63) is 59.7 Å². The molecule has 0 aliphatic rings. The summed E-state index contributed by atoms with van der Waals surface area (Å²) in [7, 11) is 0. The lowest BCUT2D eigenvalue weighted by Gasteiger charge is -2.20. The first kappa shape index (κ1) is 13.7. The lowest BCUT2D eigenvalue weighted by Crippen LogP contribution is -2.11. The lowest BCUT2D eigenvalue weighted by molar-refractivity contribution is 0.177. The van der Waals surface area contributed by atoms with Crippen molar-refractivity contribution in [1.29, 1.82) is 0 Å². The number of hydrogen-bond donors (Lipinski definition) is 1. The number of rotatable bonds is 3. The highest BCUT2D eigenvalue weighted by atomic mass is 16.3. The molecule has 3 heteroatoms. The molecular formula is C16H20N2O. The van der Waals surface area contributed by atoms with Crippen molar-refractivity contribution in [3.8, 4) is 0 Å². The third-order valence-electron chi connectivity index (χ3n) is 3.21. The molecule has 1 aromatic carbocycles. The Balaban J connectivity index is 2.10. The van der Waals surface area contributed by atoms with Crippen LogP contribution in [0.4, 0.5) is 0 Å². The molecule has 0 saturated heterocycles. The first-order valence-electron chi connectivity index (χ1n) is 6.50. The van der Waals surface area contributed by atoms with Gasteiger partial charge in [-0.2, -0.15) is 0 Å². The molecule has 0 spiro atoms. The quantitative estimate of drug-likeness (QED) is 0.918. The molecule has 1 heterocycles. The van der Waals surface area contributed by atoms with Gasteiger partial charge in [-0.1, -0.05) is 45.0 Å². The van der Waals surface area contributed by atoms with E-state index in [1.165, 1.54) is 11.9 Å². The maximum Gasteiger partial charge on any atom is 0.115 e. The van der Waals surface area contributed by atoms with Gasteiger partial charge in [-0.3, -0.25) is 0 Å². The van der Waals surface area contributed by atoms with Crippen molar-refractivity contribution in [2.24, 2.45) is 0 Å². The fourth-order valence-corrected chi connectivity index (χ4v) is 1.96. The molecule has 19 heavy (non-hydrogen) atoms. The zero-order valence-electron chi connectivity index (χ0n) is 11.7. The molecule has 0 radical (unpaired) electrons. The van der Waals surface area contributed by atoms with Crippen LogP contribution in [-0.4, -0.2) is 15.1 Å². The molecule has 0 aliphatic heterocycles. The van der Waals surface area contributed by atoms with Crippen LogP contribution < -0.4 is 0 Å². The van der Waals surface area contributed by atoms with Gasteiger partial charge in [-0.15, -0.1) is 0 Å². The highest BCUT2D eigenvalue weighted by Gasteiger charge is 2.15. The average molecular weight is 256 g/mol. The molecule has 1 aromatic heterocycles. The molecule has 1 atom stereocenters. The smallest absolute Gasteiger partial charge is 0.115 e. The number of nitrogens with zero attached hydrogens (tertiary/aromatic N) is 2. The van der Waals surface area contributed by atoms with Gasteiger partial charge in [0.2, 0.25) is 0 Å². The molecule has 0 amide bonds. The SMILES string of the molecule is CC(C)(C)c1ccc([C@H](O)Cc2ccncn2)cc1. The summed E-state index contributed by atoms with van der Waals surface area (Å²) in [5.74, 6) is 0. The minimum absolute atomic E-state index is 0.135. The topological polar surface area (TPSA) is 46.0 Å². The summed E-state index contributed by atoms with van der Waals surface area (Å²) in [5, 5.41) is 10.2. The Hall–Kier alpha value is -1.74. The van der Waals surface area contributed by atoms with Crippen molar-refractivity contribution in [2.45, 2.75) is 38.7 Å². The van der Waals surface area contributed by atoms with Crippen molar-refractivity contribution < 1.29 is 5.11 Å². The Morgan fingerprint density at radius 1 is 1.11 bits per heavy atom. The van der Waals surface area contributed by atoms with E-state index >= 15 is 0 Å². The van der Waals surface area contributed by atoms with Crippen molar-refractivity contribution in [1.82, 2.24) is 9.97 Å². The summed E-state index contributed by atoms with van der Waals surface area (Å²) in [5.41, 5.74) is 3.18. The fraction of sp³-hybridized carbons (Fsp3) is 0.375. The largest absolute Gasteiger partial charge is 0.388 e. The summed E-state index contributed by atoms with van der Waals surface area (Å²) in [6.07, 6.45) is 3.18. The third-order valence-corrected chi connectivity index (χ3v) is 3.21. The van der Waals surface area contributed by atoms with Gasteiger partial charge in [0.25, 0.3) is 0 Å². The molecule has 1 N–H and O–H groups in total. The Kier molecular flexibility index (Phi) is 3.96. The van der Waals surface area contributed by atoms with E-state index in [9.17, 15) is 5.11 Å². The zero-order chi connectivity index (χ0) is 13.9. The number of aliphatic hydroxyl groups is 1. The molecule has 0 saturated carbocycles. The van der Waals surface area contributed by atoms with Gasteiger partial charge >= 0.3 is 0 Å². The lowest BCUT2D eigenvalue weighted by atomic mass is 9.86. The predicted octanol–water partition coefficient (Wildman–Crippen LogP) is 3.05. The van der Waals surface area contributed by atoms with Gasteiger partial charge < -0.3 is 5.11 Å². The van der Waals surface area contributed by atoms with E-state index in [0.717, 1.165) is 11.3 Å². The van der Waals surface area contributed by atoms with Crippen LogP contribution in [-0.2, 0) is 11.8 Å². The maximum absolute atomic E-state index is 10.2. The second-order valence-corrected chi connectivity index (χ2v) is 5.79. The van der Waals surface area contributed by atoms with E-state index in [2.05, 4.69) is 42.9 Å². The van der Waals surface area contributed by atoms with Crippen LogP contribution >= 0.6 is 0 Å². The molecule has 0 unspecified atom stereocenters. The van der Waals surface area contributed by atoms with Crippen LogP contribution in [0.25, 0.3) is 0 Å². The third kappa shape index (κ3) is 3.61. The van der Waals surface area contributed by atoms with Crippen molar-refractivity contribution in [3.63, 3.8) is 0 Å². The van der Waals surface area contributed by atoms with Crippen LogP contribution in [0.3, 0.4) is 0 Å². The zero-order valence-corrected chi connectivity index (χ0v) is 11.7. The number of benzene rings is 1. The number of aromatic nitrogens is 2. The van der Waals surface area contributed by atoms with Crippen LogP contribution in [0.15, 0.2) is 42.9 Å². The fourth-order valence-electron chi connectivity index (χ4n) is 1.96. The van der Waals surface area contributed by atoms with Crippen molar-refractivity contribution >= 4 is 0 Å². The predicted molar refractivity (Wildman–Crippen MR) is 75.8 cm³/mol. The van der Waals surface area contributed by atoms with Gasteiger partial charge in [0, 0.05) is 18.3 Å². The normalized spacial score (nSPS) is 13.3. The van der Waals surface area contributed by atoms with Crippen LogP contribution in [0.5, 0.6) is 0 Å². The van der Waals surface area contributed by atoms with E-state index in [0.29, 0.717) is 6.42 Å². The van der Waals surface area contributed by atoms with Gasteiger partial charge in [0.05, 0.1) is 6.10 Å². The standard InChI is InChI=1S/C16H20N2O/c1-16(2,3)13-6-4-12(5-7-13)15(19)10-14-8-9-17-11-18-14/h4-9,11,15,19H,10H2,1-3H3/t15-/m1/s1. The van der Waals surface area contributed by atoms with Crippen LogP contribution in [0.1, 0.15) is 43.7 Å². The van der Waals surface area contributed by atoms with E-state index in [1.54, 1.807) is 6.20 Å². The average Bonchev–Trinajstić information content (AvgIpc) is 2.39. The summed E-state index contributed by atoms with van der Waals surface area (Å²) in [6.45, 7) is 6.54. The Bertz CT molecular complexity index is 515. The molecular weight excluding hydrogens is 236 g/mol. The summed E-state index contributed by atoms with van der Waals surface area (Å²) in [6, 6.07) is 9.97. The summed E-state index contributed by atoms with van der Waals surface area (Å²) >= 11 is 0. The van der Waals surface area contributed by atoms with Crippen LogP contribution in [0, 0.1) is 0 Å². The second kappa shape index (κ2) is 5.49. The van der Waals surface area contributed by atoms with Gasteiger partial charge in [-0.25, -0.2) is 9.97 Å². The van der Waals surface area contributed by atoms with E-state index in [-0.39, 0.29) is 5.41 Å².